The van der Waals surface area contributed by atoms with Gasteiger partial charge in [0, 0.05) is 6.54 Å². The zero-order chi connectivity index (χ0) is 13.9. The average Bonchev–Trinajstić information content (AvgIpc) is 2.37. The molecular formula is C13H23NO4. The lowest BCUT2D eigenvalue weighted by atomic mass is 10.0. The van der Waals surface area contributed by atoms with Crippen LogP contribution in [0.2, 0.25) is 0 Å². The van der Waals surface area contributed by atoms with E-state index in [2.05, 4.69) is 6.92 Å². The normalized spacial score (nSPS) is 25.4. The quantitative estimate of drug-likeness (QED) is 0.783. The molecule has 1 aliphatic rings. The summed E-state index contributed by atoms with van der Waals surface area (Å²) in [5.41, 5.74) is -0.599. The van der Waals surface area contributed by atoms with Crippen molar-refractivity contribution in [2.75, 3.05) is 6.54 Å². The smallest absolute Gasteiger partial charge is 0.411 e. The van der Waals surface area contributed by atoms with Crippen LogP contribution in [0.4, 0.5) is 4.79 Å². The molecule has 1 rings (SSSR count). The molecule has 1 heterocycles. The number of carboxylic acids is 1. The van der Waals surface area contributed by atoms with Crippen LogP contribution in [-0.4, -0.2) is 40.3 Å². The van der Waals surface area contributed by atoms with Crippen LogP contribution in [-0.2, 0) is 9.53 Å². The molecule has 1 amide bonds. The van der Waals surface area contributed by atoms with Crippen LogP contribution < -0.4 is 0 Å². The van der Waals surface area contributed by atoms with E-state index in [9.17, 15) is 14.7 Å². The second-order valence-corrected chi connectivity index (χ2v) is 6.00. The number of likely N-dealkylation sites (tertiary alicyclic amines) is 1. The first-order valence-electron chi connectivity index (χ1n) is 6.43. The summed E-state index contributed by atoms with van der Waals surface area (Å²) in [6, 6.07) is -0.759. The molecule has 1 N–H and O–H groups in total. The number of amides is 1. The Balaban J connectivity index is 2.80. The zero-order valence-electron chi connectivity index (χ0n) is 11.6. The van der Waals surface area contributed by atoms with E-state index in [1.165, 1.54) is 4.90 Å². The third kappa shape index (κ3) is 4.20. The number of carboxylic acid groups (broad SMARTS) is 1. The van der Waals surface area contributed by atoms with E-state index < -0.39 is 23.7 Å². The molecule has 0 spiro atoms. The minimum Gasteiger partial charge on any atom is -0.480 e. The van der Waals surface area contributed by atoms with Crippen LogP contribution in [0.3, 0.4) is 0 Å². The maximum absolute atomic E-state index is 12.0. The molecule has 0 aromatic heterocycles. The zero-order valence-corrected chi connectivity index (χ0v) is 11.6. The number of aliphatic carboxylic acids is 1. The lowest BCUT2D eigenvalue weighted by molar-refractivity contribution is -0.143. The molecule has 1 fully saturated rings. The van der Waals surface area contributed by atoms with Crippen molar-refractivity contribution in [2.24, 2.45) is 5.92 Å². The molecule has 0 saturated carbocycles. The van der Waals surface area contributed by atoms with Gasteiger partial charge in [-0.1, -0.05) is 6.92 Å². The van der Waals surface area contributed by atoms with E-state index in [-0.39, 0.29) is 0 Å². The number of rotatable bonds is 1. The Bertz CT molecular complexity index is 321. The summed E-state index contributed by atoms with van der Waals surface area (Å²) in [4.78, 5) is 24.6. The van der Waals surface area contributed by atoms with Crippen molar-refractivity contribution in [1.29, 1.82) is 0 Å². The van der Waals surface area contributed by atoms with Gasteiger partial charge in [-0.2, -0.15) is 0 Å². The predicted octanol–water partition coefficient (Wildman–Crippen LogP) is 2.50. The first kappa shape index (κ1) is 14.8. The summed E-state index contributed by atoms with van der Waals surface area (Å²) in [6.07, 6.45) is 1.62. The Morgan fingerprint density at radius 1 is 1.22 bits per heavy atom. The van der Waals surface area contributed by atoms with Crippen molar-refractivity contribution in [1.82, 2.24) is 4.90 Å². The van der Waals surface area contributed by atoms with Crippen molar-refractivity contribution in [2.45, 2.75) is 58.6 Å². The van der Waals surface area contributed by atoms with Crippen LogP contribution in [0.5, 0.6) is 0 Å². The van der Waals surface area contributed by atoms with E-state index in [1.54, 1.807) is 20.8 Å². The van der Waals surface area contributed by atoms with Gasteiger partial charge in [-0.15, -0.1) is 0 Å². The monoisotopic (exact) mass is 257 g/mol. The van der Waals surface area contributed by atoms with Gasteiger partial charge in [0.1, 0.15) is 11.6 Å². The van der Waals surface area contributed by atoms with Gasteiger partial charge in [-0.25, -0.2) is 9.59 Å². The Labute approximate surface area is 108 Å². The van der Waals surface area contributed by atoms with Gasteiger partial charge in [-0.3, -0.25) is 4.90 Å². The van der Waals surface area contributed by atoms with Gasteiger partial charge < -0.3 is 9.84 Å². The second-order valence-electron chi connectivity index (χ2n) is 6.00. The molecule has 104 valence electrons. The van der Waals surface area contributed by atoms with Crippen LogP contribution in [0.1, 0.15) is 47.0 Å². The summed E-state index contributed by atoms with van der Waals surface area (Å²) in [7, 11) is 0. The molecule has 2 atom stereocenters. The van der Waals surface area contributed by atoms with Crippen molar-refractivity contribution in [3.05, 3.63) is 0 Å². The Morgan fingerprint density at radius 2 is 1.83 bits per heavy atom. The van der Waals surface area contributed by atoms with Crippen molar-refractivity contribution in [3.63, 3.8) is 0 Å². The van der Waals surface area contributed by atoms with E-state index >= 15 is 0 Å². The minimum atomic E-state index is -0.949. The third-order valence-corrected chi connectivity index (χ3v) is 3.08. The molecule has 0 radical (unpaired) electrons. The predicted molar refractivity (Wildman–Crippen MR) is 67.4 cm³/mol. The van der Waals surface area contributed by atoms with Gasteiger partial charge >= 0.3 is 12.1 Å². The highest BCUT2D eigenvalue weighted by Gasteiger charge is 2.34. The minimum absolute atomic E-state index is 0.444. The molecule has 0 bridgehead atoms. The van der Waals surface area contributed by atoms with Crippen LogP contribution in [0.25, 0.3) is 0 Å². The molecule has 2 unspecified atom stereocenters. The molecule has 18 heavy (non-hydrogen) atoms. The molecule has 5 heteroatoms. The van der Waals surface area contributed by atoms with Crippen molar-refractivity contribution < 1.29 is 19.4 Å². The lowest BCUT2D eigenvalue weighted by Gasteiger charge is -2.30. The van der Waals surface area contributed by atoms with Crippen LogP contribution in [0, 0.1) is 5.92 Å². The highest BCUT2D eigenvalue weighted by molar-refractivity contribution is 5.80. The highest BCUT2D eigenvalue weighted by atomic mass is 16.6. The highest BCUT2D eigenvalue weighted by Crippen LogP contribution is 2.23. The van der Waals surface area contributed by atoms with Gasteiger partial charge in [-0.05, 0) is 46.0 Å². The largest absolute Gasteiger partial charge is 0.480 e. The fourth-order valence-corrected chi connectivity index (χ4v) is 2.05. The van der Waals surface area contributed by atoms with Crippen molar-refractivity contribution in [3.8, 4) is 0 Å². The number of ether oxygens (including phenoxy) is 1. The van der Waals surface area contributed by atoms with Crippen LogP contribution in [0.15, 0.2) is 0 Å². The number of hydrogen-bond acceptors (Lipinski definition) is 3. The van der Waals surface area contributed by atoms with E-state index in [0.29, 0.717) is 18.9 Å². The van der Waals surface area contributed by atoms with E-state index in [0.717, 1.165) is 12.8 Å². The summed E-state index contributed by atoms with van der Waals surface area (Å²) >= 11 is 0. The van der Waals surface area contributed by atoms with Gasteiger partial charge in [0.05, 0.1) is 0 Å². The Morgan fingerprint density at radius 3 is 2.33 bits per heavy atom. The van der Waals surface area contributed by atoms with Crippen molar-refractivity contribution >= 4 is 12.1 Å². The second kappa shape index (κ2) is 5.59. The maximum Gasteiger partial charge on any atom is 0.411 e. The molecule has 0 aromatic carbocycles. The molecule has 1 saturated heterocycles. The van der Waals surface area contributed by atoms with Gasteiger partial charge in [0.15, 0.2) is 0 Å². The number of carbonyl (C=O) groups excluding carboxylic acids is 1. The lowest BCUT2D eigenvalue weighted by Crippen LogP contribution is -2.46. The van der Waals surface area contributed by atoms with Crippen LogP contribution >= 0.6 is 0 Å². The Kier molecular flexibility index (Phi) is 4.59. The topological polar surface area (TPSA) is 66.8 Å². The first-order chi connectivity index (χ1) is 8.20. The molecule has 0 aromatic rings. The Hall–Kier alpha value is -1.26. The summed E-state index contributed by atoms with van der Waals surface area (Å²) < 4.78 is 5.27. The SMILES string of the molecule is CC1CCC(C(=O)O)N(C(=O)OC(C)(C)C)CC1. The fourth-order valence-electron chi connectivity index (χ4n) is 2.05. The number of hydrogen-bond donors (Lipinski definition) is 1. The molecule has 1 aliphatic heterocycles. The van der Waals surface area contributed by atoms with Gasteiger partial charge in [0.2, 0.25) is 0 Å². The van der Waals surface area contributed by atoms with E-state index in [1.807, 2.05) is 0 Å². The first-order valence-corrected chi connectivity index (χ1v) is 6.43. The number of nitrogens with zero attached hydrogens (tertiary/aromatic N) is 1. The third-order valence-electron chi connectivity index (χ3n) is 3.08. The van der Waals surface area contributed by atoms with Gasteiger partial charge in [0.25, 0.3) is 0 Å². The maximum atomic E-state index is 12.0. The molecule has 0 aliphatic carbocycles. The average molecular weight is 257 g/mol. The molecular weight excluding hydrogens is 234 g/mol. The fraction of sp³-hybridized carbons (Fsp3) is 0.846. The van der Waals surface area contributed by atoms with E-state index in [4.69, 9.17) is 4.74 Å². The number of carbonyl (C=O) groups is 2. The summed E-state index contributed by atoms with van der Waals surface area (Å²) in [6.45, 7) is 7.87. The standard InChI is InChI=1S/C13H23NO4/c1-9-5-6-10(11(15)16)14(8-7-9)12(17)18-13(2,3)4/h9-10H,5-8H2,1-4H3,(H,15,16). The molecule has 5 nitrogen and oxygen atoms in total. The summed E-state index contributed by atoms with van der Waals surface area (Å²) in [5, 5.41) is 9.22. The summed E-state index contributed by atoms with van der Waals surface area (Å²) in [5.74, 6) is -0.505.